The summed E-state index contributed by atoms with van der Waals surface area (Å²) < 4.78 is 11.3. The number of benzene rings is 2. The van der Waals surface area contributed by atoms with Crippen LogP contribution in [0.25, 0.3) is 0 Å². The molecular formula is C18H18Cl2INO3. The van der Waals surface area contributed by atoms with Crippen molar-refractivity contribution >= 4 is 51.7 Å². The largest absolute Gasteiger partial charge is 0.493 e. The number of ether oxygens (including phenoxy) is 2. The second-order valence-electron chi connectivity index (χ2n) is 5.43. The Hall–Kier alpha value is -1.18. The zero-order valence-electron chi connectivity index (χ0n) is 14.0. The van der Waals surface area contributed by atoms with E-state index in [-0.39, 0.29) is 11.8 Å². The lowest BCUT2D eigenvalue weighted by Crippen LogP contribution is -2.28. The van der Waals surface area contributed by atoms with Crippen molar-refractivity contribution in [2.75, 3.05) is 20.8 Å². The highest BCUT2D eigenvalue weighted by Crippen LogP contribution is 2.32. The smallest absolute Gasteiger partial charge is 0.252 e. The molecule has 0 aliphatic carbocycles. The van der Waals surface area contributed by atoms with Crippen LogP contribution < -0.4 is 14.8 Å². The number of halogens is 3. The Labute approximate surface area is 170 Å². The maximum atomic E-state index is 12.6. The van der Waals surface area contributed by atoms with Gasteiger partial charge in [0.25, 0.3) is 5.91 Å². The Bertz CT molecular complexity index is 763. The van der Waals surface area contributed by atoms with E-state index in [1.165, 1.54) is 7.11 Å². The first-order chi connectivity index (χ1) is 11.9. The summed E-state index contributed by atoms with van der Waals surface area (Å²) in [5.41, 5.74) is 1.35. The van der Waals surface area contributed by atoms with E-state index in [0.29, 0.717) is 33.7 Å². The molecule has 25 heavy (non-hydrogen) atoms. The Morgan fingerprint density at radius 3 is 2.28 bits per heavy atom. The summed E-state index contributed by atoms with van der Waals surface area (Å²) in [6, 6.07) is 8.81. The zero-order chi connectivity index (χ0) is 18.6. The molecule has 0 saturated carbocycles. The highest BCUT2D eigenvalue weighted by Gasteiger charge is 2.18. The van der Waals surface area contributed by atoms with Gasteiger partial charge in [-0.1, -0.05) is 36.2 Å². The molecule has 2 rings (SSSR count). The van der Waals surface area contributed by atoms with Crippen LogP contribution in [0, 0.1) is 3.57 Å². The van der Waals surface area contributed by atoms with E-state index in [9.17, 15) is 4.79 Å². The van der Waals surface area contributed by atoms with Gasteiger partial charge in [-0.05, 0) is 52.4 Å². The van der Waals surface area contributed by atoms with E-state index in [2.05, 4.69) is 27.9 Å². The van der Waals surface area contributed by atoms with Crippen LogP contribution in [0.4, 0.5) is 0 Å². The number of rotatable bonds is 6. The molecule has 0 aliphatic heterocycles. The third kappa shape index (κ3) is 4.71. The fourth-order valence-corrected chi connectivity index (χ4v) is 3.91. The highest BCUT2D eigenvalue weighted by atomic mass is 127. The normalized spacial score (nSPS) is 11.8. The Kier molecular flexibility index (Phi) is 7.22. The molecule has 1 atom stereocenters. The number of hydrogen-bond donors (Lipinski definition) is 1. The zero-order valence-corrected chi connectivity index (χ0v) is 17.7. The monoisotopic (exact) mass is 493 g/mol. The summed E-state index contributed by atoms with van der Waals surface area (Å²) in [4.78, 5) is 12.6. The molecule has 2 aromatic rings. The van der Waals surface area contributed by atoms with Crippen LogP contribution in [-0.4, -0.2) is 26.7 Å². The van der Waals surface area contributed by atoms with E-state index in [1.807, 2.05) is 6.92 Å². The van der Waals surface area contributed by atoms with Crippen LogP contribution >= 0.6 is 45.8 Å². The molecule has 0 saturated heterocycles. The van der Waals surface area contributed by atoms with Crippen molar-refractivity contribution in [3.05, 3.63) is 55.1 Å². The molecule has 0 aromatic heterocycles. The lowest BCUT2D eigenvalue weighted by molar-refractivity contribution is 0.0950. The van der Waals surface area contributed by atoms with Crippen LogP contribution in [0.15, 0.2) is 30.3 Å². The van der Waals surface area contributed by atoms with Crippen LogP contribution in [-0.2, 0) is 0 Å². The summed E-state index contributed by atoms with van der Waals surface area (Å²) in [5, 5.41) is 4.11. The second kappa shape index (κ2) is 8.96. The van der Waals surface area contributed by atoms with Gasteiger partial charge in [-0.3, -0.25) is 4.79 Å². The number of nitrogens with one attached hydrogen (secondary N) is 1. The van der Waals surface area contributed by atoms with Gasteiger partial charge < -0.3 is 14.8 Å². The summed E-state index contributed by atoms with van der Waals surface area (Å²) in [6.07, 6.45) is 0. The third-order valence-corrected chi connectivity index (χ3v) is 5.33. The first-order valence-electron chi connectivity index (χ1n) is 7.52. The van der Waals surface area contributed by atoms with Crippen LogP contribution in [0.2, 0.25) is 10.0 Å². The molecule has 0 aliphatic rings. The fraction of sp³-hybridized carbons (Fsp3) is 0.278. The van der Waals surface area contributed by atoms with Gasteiger partial charge in [-0.2, -0.15) is 0 Å². The summed E-state index contributed by atoms with van der Waals surface area (Å²) in [6.45, 7) is 2.37. The number of methoxy groups -OCH3 is 2. The maximum absolute atomic E-state index is 12.6. The molecule has 1 unspecified atom stereocenters. The first kappa shape index (κ1) is 20.1. The van der Waals surface area contributed by atoms with Gasteiger partial charge >= 0.3 is 0 Å². The number of carbonyl (C=O) groups excluding carboxylic acids is 1. The van der Waals surface area contributed by atoms with Gasteiger partial charge in [0.15, 0.2) is 11.5 Å². The maximum Gasteiger partial charge on any atom is 0.252 e. The number of hydrogen-bond acceptors (Lipinski definition) is 3. The topological polar surface area (TPSA) is 47.6 Å². The molecule has 1 amide bonds. The molecule has 4 nitrogen and oxygen atoms in total. The predicted octanol–water partition coefficient (Wildman–Crippen LogP) is 5.15. The first-order valence-corrected chi connectivity index (χ1v) is 9.36. The molecule has 7 heteroatoms. The van der Waals surface area contributed by atoms with E-state index in [1.54, 1.807) is 37.4 Å². The predicted molar refractivity (Wildman–Crippen MR) is 109 cm³/mol. The highest BCUT2D eigenvalue weighted by molar-refractivity contribution is 14.1. The van der Waals surface area contributed by atoms with Crippen molar-refractivity contribution in [2.24, 2.45) is 0 Å². The Morgan fingerprint density at radius 1 is 1.16 bits per heavy atom. The van der Waals surface area contributed by atoms with Gasteiger partial charge in [0, 0.05) is 26.1 Å². The van der Waals surface area contributed by atoms with Gasteiger partial charge in [0.1, 0.15) is 0 Å². The van der Waals surface area contributed by atoms with E-state index in [4.69, 9.17) is 32.7 Å². The third-order valence-electron chi connectivity index (χ3n) is 3.78. The average Bonchev–Trinajstić information content (AvgIpc) is 2.59. The van der Waals surface area contributed by atoms with Gasteiger partial charge in [0.2, 0.25) is 0 Å². The molecule has 2 aromatic carbocycles. The lowest BCUT2D eigenvalue weighted by atomic mass is 10.0. The van der Waals surface area contributed by atoms with Crippen molar-refractivity contribution in [1.29, 1.82) is 0 Å². The van der Waals surface area contributed by atoms with Crippen molar-refractivity contribution in [2.45, 2.75) is 12.8 Å². The number of amides is 1. The number of carbonyl (C=O) groups is 1. The molecule has 1 N–H and O–H groups in total. The average molecular weight is 494 g/mol. The van der Waals surface area contributed by atoms with Crippen molar-refractivity contribution in [3.63, 3.8) is 0 Å². The van der Waals surface area contributed by atoms with E-state index >= 15 is 0 Å². The van der Waals surface area contributed by atoms with E-state index in [0.717, 1.165) is 9.13 Å². The Balaban J connectivity index is 2.15. The standard InChI is InChI=1S/C18H18Cl2INO3/c1-10(17-12(19)5-4-6-13(17)20)9-22-18(23)11-7-15(24-2)16(25-3)8-14(11)21/h4-8,10H,9H2,1-3H3,(H,22,23). The minimum Gasteiger partial charge on any atom is -0.493 e. The van der Waals surface area contributed by atoms with Crippen molar-refractivity contribution in [3.8, 4) is 11.5 Å². The van der Waals surface area contributed by atoms with Gasteiger partial charge in [0.05, 0.1) is 19.8 Å². The summed E-state index contributed by atoms with van der Waals surface area (Å²) in [5.74, 6) is 0.873. The minimum atomic E-state index is -0.194. The second-order valence-corrected chi connectivity index (χ2v) is 7.41. The quantitative estimate of drug-likeness (QED) is 0.566. The van der Waals surface area contributed by atoms with E-state index < -0.39 is 0 Å². The minimum absolute atomic E-state index is 0.0250. The van der Waals surface area contributed by atoms with Crippen molar-refractivity contribution < 1.29 is 14.3 Å². The fourth-order valence-electron chi connectivity index (χ4n) is 2.45. The van der Waals surface area contributed by atoms with Gasteiger partial charge in [-0.25, -0.2) is 0 Å². The molecule has 0 spiro atoms. The molecule has 134 valence electrons. The van der Waals surface area contributed by atoms with Crippen LogP contribution in [0.1, 0.15) is 28.8 Å². The van der Waals surface area contributed by atoms with Crippen molar-refractivity contribution in [1.82, 2.24) is 5.32 Å². The molecule has 0 bridgehead atoms. The Morgan fingerprint density at radius 2 is 1.72 bits per heavy atom. The molecule has 0 heterocycles. The lowest BCUT2D eigenvalue weighted by Gasteiger charge is -2.17. The molecule has 0 fully saturated rings. The van der Waals surface area contributed by atoms with Crippen LogP contribution in [0.3, 0.4) is 0 Å². The summed E-state index contributed by atoms with van der Waals surface area (Å²) in [7, 11) is 3.09. The molecular weight excluding hydrogens is 476 g/mol. The summed E-state index contributed by atoms with van der Waals surface area (Å²) >= 11 is 14.6. The molecule has 0 radical (unpaired) electrons. The van der Waals surface area contributed by atoms with Crippen LogP contribution in [0.5, 0.6) is 11.5 Å². The van der Waals surface area contributed by atoms with Gasteiger partial charge in [-0.15, -0.1) is 0 Å². The SMILES string of the molecule is COc1cc(I)c(C(=O)NCC(C)c2c(Cl)cccc2Cl)cc1OC.